The third-order valence-corrected chi connectivity index (χ3v) is 1.18. The average molecular weight is 140 g/mol. The van der Waals surface area contributed by atoms with Gasteiger partial charge in [-0.3, -0.25) is 9.69 Å². The van der Waals surface area contributed by atoms with Crippen LogP contribution in [-0.2, 0) is 4.79 Å². The van der Waals surface area contributed by atoms with Crippen molar-refractivity contribution in [3.63, 3.8) is 0 Å². The Morgan fingerprint density at radius 1 is 1.60 bits per heavy atom. The van der Waals surface area contributed by atoms with Crippen LogP contribution in [0.2, 0.25) is 0 Å². The topological polar surface area (TPSA) is 46.3 Å². The molecule has 1 atom stereocenters. The second kappa shape index (κ2) is 3.91. The van der Waals surface area contributed by atoms with E-state index < -0.39 is 5.91 Å². The summed E-state index contributed by atoms with van der Waals surface area (Å²) < 4.78 is 0. The highest BCUT2D eigenvalue weighted by molar-refractivity contribution is 5.92. The molecule has 0 aromatic heterocycles. The molecular formula is C7H12N2O. The minimum atomic E-state index is -0.575. The molecule has 0 saturated carbocycles. The van der Waals surface area contributed by atoms with Crippen LogP contribution in [0.3, 0.4) is 0 Å². The van der Waals surface area contributed by atoms with Crippen molar-refractivity contribution in [2.24, 2.45) is 5.73 Å². The number of carbonyl (C=O) groups excluding carboxylic acids is 1. The number of rotatable bonds is 1. The highest BCUT2D eigenvalue weighted by atomic mass is 16.1. The first-order chi connectivity index (χ1) is 4.54. The highest BCUT2D eigenvalue weighted by Gasteiger charge is 1.97. The summed E-state index contributed by atoms with van der Waals surface area (Å²) in [6, 6.07) is 0.0764. The van der Waals surface area contributed by atoms with Crippen molar-refractivity contribution in [2.75, 3.05) is 14.1 Å². The molecule has 1 unspecified atom stereocenters. The molecule has 0 heterocycles. The molecule has 10 heavy (non-hydrogen) atoms. The Labute approximate surface area is 61.2 Å². The molecule has 0 aliphatic carbocycles. The van der Waals surface area contributed by atoms with Gasteiger partial charge >= 0.3 is 0 Å². The van der Waals surface area contributed by atoms with E-state index in [9.17, 15) is 4.79 Å². The first kappa shape index (κ1) is 8.99. The molecule has 0 saturated heterocycles. The van der Waals surface area contributed by atoms with E-state index in [0.717, 1.165) is 0 Å². The monoisotopic (exact) mass is 140 g/mol. The van der Waals surface area contributed by atoms with Gasteiger partial charge in [-0.05, 0) is 26.9 Å². The summed E-state index contributed by atoms with van der Waals surface area (Å²) in [5, 5.41) is 0. The SMILES string of the molecule is CC(C#CC(N)=O)N(C)C. The molecule has 0 aliphatic heterocycles. The molecule has 0 aromatic rings. The maximum absolute atomic E-state index is 10.2. The van der Waals surface area contributed by atoms with Gasteiger partial charge in [0.25, 0.3) is 5.91 Å². The molecule has 0 rings (SSSR count). The predicted octanol–water partition coefficient (Wildman–Crippen LogP) is -0.575. The number of primary amides is 1. The van der Waals surface area contributed by atoms with E-state index in [2.05, 4.69) is 11.8 Å². The normalized spacial score (nSPS) is 12.0. The molecule has 0 spiro atoms. The molecule has 0 radical (unpaired) electrons. The Bertz CT molecular complexity index is 176. The summed E-state index contributed by atoms with van der Waals surface area (Å²) in [5.74, 6) is 4.38. The van der Waals surface area contributed by atoms with Gasteiger partial charge in [-0.2, -0.15) is 0 Å². The minimum absolute atomic E-state index is 0.0764. The lowest BCUT2D eigenvalue weighted by Gasteiger charge is -2.11. The zero-order valence-corrected chi connectivity index (χ0v) is 6.51. The summed E-state index contributed by atoms with van der Waals surface area (Å²) in [4.78, 5) is 12.1. The molecular weight excluding hydrogens is 128 g/mol. The third-order valence-electron chi connectivity index (χ3n) is 1.18. The number of nitrogens with zero attached hydrogens (tertiary/aromatic N) is 1. The van der Waals surface area contributed by atoms with Crippen LogP contribution >= 0.6 is 0 Å². The molecule has 56 valence electrons. The van der Waals surface area contributed by atoms with Gasteiger partial charge in [0.2, 0.25) is 0 Å². The summed E-state index contributed by atoms with van der Waals surface area (Å²) in [6.07, 6.45) is 0. The smallest absolute Gasteiger partial charge is 0.293 e. The predicted molar refractivity (Wildman–Crippen MR) is 40.1 cm³/mol. The zero-order chi connectivity index (χ0) is 8.15. The fraction of sp³-hybridized carbons (Fsp3) is 0.571. The Morgan fingerprint density at radius 2 is 2.10 bits per heavy atom. The van der Waals surface area contributed by atoms with Gasteiger partial charge < -0.3 is 5.73 Å². The standard InChI is InChI=1S/C7H12N2O/c1-6(9(2)3)4-5-7(8)10/h6H,1-3H3,(H2,8,10). The lowest BCUT2D eigenvalue weighted by molar-refractivity contribution is -0.112. The summed E-state index contributed by atoms with van der Waals surface area (Å²) in [7, 11) is 3.78. The van der Waals surface area contributed by atoms with Gasteiger partial charge in [0.1, 0.15) is 0 Å². The quantitative estimate of drug-likeness (QED) is 0.495. The van der Waals surface area contributed by atoms with E-state index in [1.54, 1.807) is 0 Å². The van der Waals surface area contributed by atoms with Gasteiger partial charge in [-0.1, -0.05) is 5.92 Å². The molecule has 0 bridgehead atoms. The molecule has 0 aliphatic rings. The van der Waals surface area contributed by atoms with Crippen molar-refractivity contribution in [3.05, 3.63) is 0 Å². The van der Waals surface area contributed by atoms with E-state index >= 15 is 0 Å². The number of amides is 1. The third kappa shape index (κ3) is 3.93. The Hall–Kier alpha value is -1.01. The van der Waals surface area contributed by atoms with Gasteiger partial charge in [0, 0.05) is 0 Å². The van der Waals surface area contributed by atoms with Crippen LogP contribution in [0.4, 0.5) is 0 Å². The van der Waals surface area contributed by atoms with Crippen molar-refractivity contribution in [1.29, 1.82) is 0 Å². The van der Waals surface area contributed by atoms with Crippen LogP contribution in [0.15, 0.2) is 0 Å². The summed E-state index contributed by atoms with van der Waals surface area (Å²) in [5.41, 5.74) is 4.81. The molecule has 0 aromatic carbocycles. The van der Waals surface area contributed by atoms with Crippen LogP contribution in [0.1, 0.15) is 6.92 Å². The van der Waals surface area contributed by atoms with E-state index in [1.807, 2.05) is 25.9 Å². The molecule has 3 nitrogen and oxygen atoms in total. The van der Waals surface area contributed by atoms with Crippen LogP contribution in [0, 0.1) is 11.8 Å². The van der Waals surface area contributed by atoms with Crippen molar-refractivity contribution in [2.45, 2.75) is 13.0 Å². The number of hydrogen-bond acceptors (Lipinski definition) is 2. The lowest BCUT2D eigenvalue weighted by atomic mass is 10.3. The van der Waals surface area contributed by atoms with Crippen molar-refractivity contribution >= 4 is 5.91 Å². The largest absolute Gasteiger partial charge is 0.359 e. The van der Waals surface area contributed by atoms with Crippen LogP contribution in [0.5, 0.6) is 0 Å². The average Bonchev–Trinajstić information content (AvgIpc) is 1.82. The van der Waals surface area contributed by atoms with Gasteiger partial charge in [0.15, 0.2) is 0 Å². The van der Waals surface area contributed by atoms with Crippen LogP contribution in [0.25, 0.3) is 0 Å². The fourth-order valence-corrected chi connectivity index (χ4v) is 0.305. The molecule has 1 amide bonds. The van der Waals surface area contributed by atoms with Crippen molar-refractivity contribution in [1.82, 2.24) is 4.90 Å². The van der Waals surface area contributed by atoms with E-state index in [0.29, 0.717) is 0 Å². The van der Waals surface area contributed by atoms with Crippen LogP contribution in [-0.4, -0.2) is 30.9 Å². The molecule has 3 heteroatoms. The summed E-state index contributed by atoms with van der Waals surface area (Å²) in [6.45, 7) is 1.90. The van der Waals surface area contributed by atoms with E-state index in [-0.39, 0.29) is 6.04 Å². The maximum Gasteiger partial charge on any atom is 0.293 e. The van der Waals surface area contributed by atoms with E-state index in [4.69, 9.17) is 5.73 Å². The second-order valence-electron chi connectivity index (χ2n) is 2.27. The Kier molecular flexibility index (Phi) is 3.52. The molecule has 0 fully saturated rings. The number of nitrogens with two attached hydrogens (primary N) is 1. The first-order valence-electron chi connectivity index (χ1n) is 3.01. The number of hydrogen-bond donors (Lipinski definition) is 1. The Balaban J connectivity index is 3.92. The van der Waals surface area contributed by atoms with Crippen molar-refractivity contribution < 1.29 is 4.79 Å². The highest BCUT2D eigenvalue weighted by Crippen LogP contribution is 1.86. The van der Waals surface area contributed by atoms with E-state index in [1.165, 1.54) is 0 Å². The second-order valence-corrected chi connectivity index (χ2v) is 2.27. The van der Waals surface area contributed by atoms with Gasteiger partial charge in [-0.15, -0.1) is 0 Å². The number of carbonyl (C=O) groups is 1. The fourth-order valence-electron chi connectivity index (χ4n) is 0.305. The van der Waals surface area contributed by atoms with Crippen molar-refractivity contribution in [3.8, 4) is 11.8 Å². The Morgan fingerprint density at radius 3 is 2.40 bits per heavy atom. The molecule has 2 N–H and O–H groups in total. The minimum Gasteiger partial charge on any atom is -0.359 e. The summed E-state index contributed by atoms with van der Waals surface area (Å²) >= 11 is 0. The maximum atomic E-state index is 10.2. The lowest BCUT2D eigenvalue weighted by Crippen LogP contribution is -2.23. The van der Waals surface area contributed by atoms with Gasteiger partial charge in [0.05, 0.1) is 6.04 Å². The zero-order valence-electron chi connectivity index (χ0n) is 6.51. The van der Waals surface area contributed by atoms with Crippen LogP contribution < -0.4 is 5.73 Å². The van der Waals surface area contributed by atoms with Gasteiger partial charge in [-0.25, -0.2) is 0 Å². The first-order valence-corrected chi connectivity index (χ1v) is 3.01.